The Morgan fingerprint density at radius 3 is 2.10 bits per heavy atom. The van der Waals surface area contributed by atoms with Crippen molar-refractivity contribution in [1.82, 2.24) is 5.48 Å². The molecule has 108 valence electrons. The predicted molar refractivity (Wildman–Crippen MR) is 81.6 cm³/mol. The molecule has 1 aliphatic rings. The number of hydroxylamine groups is 1. The predicted octanol–water partition coefficient (Wildman–Crippen LogP) is 2.59. The molecule has 0 aromatic heterocycles. The Kier molecular flexibility index (Phi) is 3.27. The Morgan fingerprint density at radius 2 is 1.52 bits per heavy atom. The Morgan fingerprint density at radius 1 is 0.952 bits per heavy atom. The quantitative estimate of drug-likeness (QED) is 0.890. The Labute approximate surface area is 124 Å². The van der Waals surface area contributed by atoms with Crippen LogP contribution in [0.5, 0.6) is 0 Å². The van der Waals surface area contributed by atoms with Gasteiger partial charge in [-0.3, -0.25) is 4.99 Å². The van der Waals surface area contributed by atoms with Crippen LogP contribution in [0.15, 0.2) is 65.7 Å². The first-order chi connectivity index (χ1) is 10.0. The minimum atomic E-state index is -1.52. The fourth-order valence-corrected chi connectivity index (χ4v) is 2.42. The van der Waals surface area contributed by atoms with E-state index in [1.54, 1.807) is 0 Å². The average Bonchev–Trinajstić information content (AvgIpc) is 2.52. The smallest absolute Gasteiger partial charge is 0.242 e. The molecule has 0 saturated heterocycles. The Bertz CT molecular complexity index is 653. The van der Waals surface area contributed by atoms with Gasteiger partial charge in [0.1, 0.15) is 5.54 Å². The molecule has 1 aliphatic heterocycles. The van der Waals surface area contributed by atoms with E-state index in [9.17, 15) is 5.11 Å². The maximum Gasteiger partial charge on any atom is 0.242 e. The molecule has 2 aromatic carbocycles. The van der Waals surface area contributed by atoms with Crippen molar-refractivity contribution in [2.75, 3.05) is 0 Å². The van der Waals surface area contributed by atoms with Gasteiger partial charge in [0, 0.05) is 11.1 Å². The van der Waals surface area contributed by atoms with Crippen LogP contribution in [0.4, 0.5) is 0 Å². The molecular weight excluding hydrogens is 264 g/mol. The summed E-state index contributed by atoms with van der Waals surface area (Å²) >= 11 is 0. The van der Waals surface area contributed by atoms with Crippen LogP contribution in [0, 0.1) is 0 Å². The molecular formula is C17H18N2O2. The highest BCUT2D eigenvalue weighted by molar-refractivity contribution is 5.98. The van der Waals surface area contributed by atoms with Crippen molar-refractivity contribution < 1.29 is 9.94 Å². The fourth-order valence-electron chi connectivity index (χ4n) is 2.42. The van der Waals surface area contributed by atoms with Crippen molar-refractivity contribution in [2.24, 2.45) is 4.99 Å². The van der Waals surface area contributed by atoms with E-state index >= 15 is 0 Å². The molecule has 0 saturated carbocycles. The van der Waals surface area contributed by atoms with Gasteiger partial charge in [-0.05, 0) is 13.8 Å². The van der Waals surface area contributed by atoms with Gasteiger partial charge in [0.05, 0.1) is 0 Å². The Balaban J connectivity index is 2.01. The summed E-state index contributed by atoms with van der Waals surface area (Å²) in [7, 11) is 0. The monoisotopic (exact) mass is 282 g/mol. The summed E-state index contributed by atoms with van der Waals surface area (Å²) in [6.07, 6.45) is 0. The summed E-state index contributed by atoms with van der Waals surface area (Å²) in [4.78, 5) is 10.3. The lowest BCUT2D eigenvalue weighted by Crippen LogP contribution is -2.56. The first-order valence-corrected chi connectivity index (χ1v) is 6.90. The van der Waals surface area contributed by atoms with Gasteiger partial charge in [-0.2, -0.15) is 0 Å². The summed E-state index contributed by atoms with van der Waals surface area (Å²) in [6, 6.07) is 19.0. The second-order valence-electron chi connectivity index (χ2n) is 5.60. The van der Waals surface area contributed by atoms with E-state index in [0.29, 0.717) is 11.4 Å². The zero-order chi connectivity index (χ0) is 14.9. The standard InChI is InChI=1S/C17H18N2O2/c1-16(2)17(20,14-11-7-4-8-12-14)21-19-15(18-16)13-9-5-3-6-10-13/h3-12,20H,1-2H3,(H,18,19). The van der Waals surface area contributed by atoms with Crippen molar-refractivity contribution in [2.45, 2.75) is 25.2 Å². The largest absolute Gasteiger partial charge is 0.358 e. The third kappa shape index (κ3) is 2.33. The van der Waals surface area contributed by atoms with Crippen molar-refractivity contribution in [3.8, 4) is 0 Å². The highest BCUT2D eigenvalue weighted by atomic mass is 16.7. The second kappa shape index (κ2) is 4.98. The van der Waals surface area contributed by atoms with Gasteiger partial charge in [0.25, 0.3) is 0 Å². The van der Waals surface area contributed by atoms with Crippen LogP contribution < -0.4 is 5.48 Å². The number of hydrogen-bond acceptors (Lipinski definition) is 4. The molecule has 4 heteroatoms. The molecule has 0 aliphatic carbocycles. The molecule has 1 heterocycles. The molecule has 21 heavy (non-hydrogen) atoms. The summed E-state index contributed by atoms with van der Waals surface area (Å²) in [5.41, 5.74) is 3.53. The molecule has 0 bridgehead atoms. The highest BCUT2D eigenvalue weighted by Crippen LogP contribution is 2.38. The number of rotatable bonds is 2. The molecule has 0 spiro atoms. The van der Waals surface area contributed by atoms with Crippen LogP contribution in [-0.4, -0.2) is 16.5 Å². The minimum Gasteiger partial charge on any atom is -0.358 e. The van der Waals surface area contributed by atoms with E-state index in [1.807, 2.05) is 74.5 Å². The number of nitrogens with zero attached hydrogens (tertiary/aromatic N) is 1. The zero-order valence-electron chi connectivity index (χ0n) is 12.1. The molecule has 0 amide bonds. The first kappa shape index (κ1) is 13.8. The van der Waals surface area contributed by atoms with Gasteiger partial charge >= 0.3 is 0 Å². The minimum absolute atomic E-state index is 0.612. The molecule has 2 aromatic rings. The normalized spacial score (nSPS) is 24.0. The van der Waals surface area contributed by atoms with Crippen LogP contribution in [0.25, 0.3) is 0 Å². The van der Waals surface area contributed by atoms with E-state index in [2.05, 4.69) is 10.5 Å². The third-order valence-corrected chi connectivity index (χ3v) is 3.73. The van der Waals surface area contributed by atoms with Gasteiger partial charge in [-0.15, -0.1) is 0 Å². The second-order valence-corrected chi connectivity index (χ2v) is 5.60. The van der Waals surface area contributed by atoms with Crippen LogP contribution in [-0.2, 0) is 10.6 Å². The topological polar surface area (TPSA) is 53.9 Å². The lowest BCUT2D eigenvalue weighted by Gasteiger charge is -2.43. The van der Waals surface area contributed by atoms with Crippen molar-refractivity contribution in [3.63, 3.8) is 0 Å². The van der Waals surface area contributed by atoms with Crippen molar-refractivity contribution in [3.05, 3.63) is 71.8 Å². The summed E-state index contributed by atoms with van der Waals surface area (Å²) in [6.45, 7) is 3.70. The molecule has 0 fully saturated rings. The van der Waals surface area contributed by atoms with Crippen LogP contribution >= 0.6 is 0 Å². The number of benzene rings is 2. The maximum atomic E-state index is 10.9. The lowest BCUT2D eigenvalue weighted by molar-refractivity contribution is -0.275. The molecule has 1 atom stereocenters. The summed E-state index contributed by atoms with van der Waals surface area (Å²) in [5.74, 6) is -0.909. The molecule has 4 nitrogen and oxygen atoms in total. The van der Waals surface area contributed by atoms with Crippen molar-refractivity contribution in [1.29, 1.82) is 0 Å². The number of hydrogen-bond donors (Lipinski definition) is 2. The van der Waals surface area contributed by atoms with E-state index in [0.717, 1.165) is 5.56 Å². The first-order valence-electron chi connectivity index (χ1n) is 6.90. The van der Waals surface area contributed by atoms with Gasteiger partial charge < -0.3 is 5.11 Å². The average molecular weight is 282 g/mol. The fraction of sp³-hybridized carbons (Fsp3) is 0.235. The summed E-state index contributed by atoms with van der Waals surface area (Å²) < 4.78 is 0. The van der Waals surface area contributed by atoms with Crippen LogP contribution in [0.2, 0.25) is 0 Å². The van der Waals surface area contributed by atoms with E-state index in [-0.39, 0.29) is 0 Å². The number of nitrogens with one attached hydrogen (secondary N) is 1. The Hall–Kier alpha value is -2.17. The number of amidine groups is 1. The zero-order valence-corrected chi connectivity index (χ0v) is 12.1. The van der Waals surface area contributed by atoms with Crippen LogP contribution in [0.3, 0.4) is 0 Å². The van der Waals surface area contributed by atoms with Gasteiger partial charge in [-0.1, -0.05) is 60.7 Å². The molecule has 1 unspecified atom stereocenters. The number of aliphatic imine (C=N–C) groups is 1. The molecule has 2 N–H and O–H groups in total. The number of aliphatic hydroxyl groups is 1. The van der Waals surface area contributed by atoms with E-state index in [4.69, 9.17) is 4.84 Å². The van der Waals surface area contributed by atoms with Gasteiger partial charge in [-0.25, -0.2) is 10.3 Å². The SMILES string of the molecule is CC1(C)N=C(c2ccccc2)NOC1(O)c1ccccc1. The van der Waals surface area contributed by atoms with Gasteiger partial charge in [0.15, 0.2) is 5.84 Å². The van der Waals surface area contributed by atoms with Gasteiger partial charge in [0.2, 0.25) is 5.79 Å². The third-order valence-electron chi connectivity index (χ3n) is 3.73. The van der Waals surface area contributed by atoms with E-state index < -0.39 is 11.3 Å². The van der Waals surface area contributed by atoms with E-state index in [1.165, 1.54) is 0 Å². The maximum absolute atomic E-state index is 10.9. The summed E-state index contributed by atoms with van der Waals surface area (Å²) in [5, 5.41) is 10.9. The lowest BCUT2D eigenvalue weighted by atomic mass is 9.87. The molecule has 0 radical (unpaired) electrons. The molecule has 3 rings (SSSR count). The van der Waals surface area contributed by atoms with Crippen molar-refractivity contribution >= 4 is 5.84 Å². The highest BCUT2D eigenvalue weighted by Gasteiger charge is 2.50. The van der Waals surface area contributed by atoms with Crippen LogP contribution in [0.1, 0.15) is 25.0 Å².